The molecule has 1 amide bonds. The summed E-state index contributed by atoms with van der Waals surface area (Å²) in [4.78, 5) is 17.0. The lowest BCUT2D eigenvalue weighted by Gasteiger charge is -2.37. The second-order valence-electron chi connectivity index (χ2n) is 5.93. The number of likely N-dealkylation sites (tertiary alicyclic amines) is 2. The normalized spacial score (nSPS) is 23.8. The van der Waals surface area contributed by atoms with Crippen LogP contribution in [0.5, 0.6) is 0 Å². The summed E-state index contributed by atoms with van der Waals surface area (Å²) in [6.45, 7) is 8.20. The van der Waals surface area contributed by atoms with Crippen molar-refractivity contribution in [1.82, 2.24) is 9.80 Å². The fourth-order valence-electron chi connectivity index (χ4n) is 3.31. The van der Waals surface area contributed by atoms with Crippen LogP contribution >= 0.6 is 0 Å². The Labute approximate surface area is 117 Å². The van der Waals surface area contributed by atoms with Crippen molar-refractivity contribution < 1.29 is 9.53 Å². The van der Waals surface area contributed by atoms with Crippen molar-refractivity contribution in [1.29, 1.82) is 0 Å². The van der Waals surface area contributed by atoms with Crippen LogP contribution in [-0.2, 0) is 9.53 Å². The highest BCUT2D eigenvalue weighted by Gasteiger charge is 2.30. The molecule has 2 rings (SSSR count). The molecule has 2 heterocycles. The van der Waals surface area contributed by atoms with Crippen LogP contribution in [0.2, 0.25) is 0 Å². The van der Waals surface area contributed by atoms with E-state index in [4.69, 9.17) is 4.74 Å². The van der Waals surface area contributed by atoms with Crippen molar-refractivity contribution in [3.63, 3.8) is 0 Å². The highest BCUT2D eigenvalue weighted by molar-refractivity contribution is 5.79. The second-order valence-corrected chi connectivity index (χ2v) is 5.93. The van der Waals surface area contributed by atoms with Gasteiger partial charge in [0.25, 0.3) is 0 Å². The van der Waals surface area contributed by atoms with E-state index in [1.165, 1.54) is 0 Å². The number of amides is 1. The topological polar surface area (TPSA) is 32.8 Å². The third-order valence-electron chi connectivity index (χ3n) is 4.71. The lowest BCUT2D eigenvalue weighted by Crippen LogP contribution is -2.45. The number of methoxy groups -OCH3 is 1. The van der Waals surface area contributed by atoms with Crippen LogP contribution in [0.1, 0.15) is 32.6 Å². The summed E-state index contributed by atoms with van der Waals surface area (Å²) < 4.78 is 5.21. The summed E-state index contributed by atoms with van der Waals surface area (Å²) in [5, 5.41) is 0. The standard InChI is InChI=1S/C15H28N2O2/c1-3-16-8-6-14(7-9-16)15(18)17-10-4-13(5-11-17)12-19-2/h13-14H,3-12H2,1-2H3. The first-order valence-electron chi connectivity index (χ1n) is 7.74. The van der Waals surface area contributed by atoms with Crippen LogP contribution in [0.15, 0.2) is 0 Å². The molecule has 19 heavy (non-hydrogen) atoms. The van der Waals surface area contributed by atoms with Crippen LogP contribution in [0.4, 0.5) is 0 Å². The average molecular weight is 268 g/mol. The molecule has 0 aromatic rings. The van der Waals surface area contributed by atoms with Crippen molar-refractivity contribution in [2.75, 3.05) is 46.4 Å². The molecule has 0 saturated carbocycles. The maximum absolute atomic E-state index is 12.5. The predicted octanol–water partition coefficient (Wildman–Crippen LogP) is 1.60. The van der Waals surface area contributed by atoms with Crippen molar-refractivity contribution >= 4 is 5.91 Å². The molecule has 4 heteroatoms. The zero-order valence-corrected chi connectivity index (χ0v) is 12.4. The minimum absolute atomic E-state index is 0.279. The van der Waals surface area contributed by atoms with Gasteiger partial charge in [-0.3, -0.25) is 4.79 Å². The number of carbonyl (C=O) groups excluding carboxylic acids is 1. The number of rotatable bonds is 4. The number of piperidine rings is 2. The number of hydrogen-bond acceptors (Lipinski definition) is 3. The first-order valence-corrected chi connectivity index (χ1v) is 7.74. The minimum atomic E-state index is 0.279. The Balaban J connectivity index is 1.75. The largest absolute Gasteiger partial charge is 0.384 e. The van der Waals surface area contributed by atoms with E-state index < -0.39 is 0 Å². The summed E-state index contributed by atoms with van der Waals surface area (Å²) in [5.41, 5.74) is 0. The van der Waals surface area contributed by atoms with Gasteiger partial charge in [-0.25, -0.2) is 0 Å². The third-order valence-corrected chi connectivity index (χ3v) is 4.71. The van der Waals surface area contributed by atoms with Gasteiger partial charge in [-0.15, -0.1) is 0 Å². The smallest absolute Gasteiger partial charge is 0.225 e. The van der Waals surface area contributed by atoms with E-state index in [2.05, 4.69) is 16.7 Å². The lowest BCUT2D eigenvalue weighted by molar-refractivity contribution is -0.138. The van der Waals surface area contributed by atoms with Gasteiger partial charge in [0.15, 0.2) is 0 Å². The molecule has 0 aromatic carbocycles. The molecule has 0 radical (unpaired) electrons. The van der Waals surface area contributed by atoms with Crippen LogP contribution in [0, 0.1) is 11.8 Å². The van der Waals surface area contributed by atoms with E-state index in [9.17, 15) is 4.79 Å². The number of hydrogen-bond donors (Lipinski definition) is 0. The zero-order chi connectivity index (χ0) is 13.7. The van der Waals surface area contributed by atoms with Crippen LogP contribution < -0.4 is 0 Å². The quantitative estimate of drug-likeness (QED) is 0.776. The highest BCUT2D eigenvalue weighted by atomic mass is 16.5. The van der Waals surface area contributed by atoms with E-state index in [0.29, 0.717) is 11.8 Å². The van der Waals surface area contributed by atoms with Gasteiger partial charge in [0, 0.05) is 32.7 Å². The molecule has 0 atom stereocenters. The van der Waals surface area contributed by atoms with Crippen LogP contribution in [0.3, 0.4) is 0 Å². The van der Waals surface area contributed by atoms with Crippen LogP contribution in [0.25, 0.3) is 0 Å². The molecule has 2 fully saturated rings. The Morgan fingerprint density at radius 2 is 1.74 bits per heavy atom. The van der Waals surface area contributed by atoms with Gasteiger partial charge in [0.2, 0.25) is 5.91 Å². The summed E-state index contributed by atoms with van der Waals surface area (Å²) in [6, 6.07) is 0. The Morgan fingerprint density at radius 3 is 2.26 bits per heavy atom. The summed E-state index contributed by atoms with van der Waals surface area (Å²) >= 11 is 0. The zero-order valence-electron chi connectivity index (χ0n) is 12.4. The number of ether oxygens (including phenoxy) is 1. The Kier molecular flexibility index (Phi) is 5.64. The molecule has 0 spiro atoms. The summed E-state index contributed by atoms with van der Waals surface area (Å²) in [7, 11) is 1.76. The van der Waals surface area contributed by atoms with Gasteiger partial charge in [0.05, 0.1) is 0 Å². The van der Waals surface area contributed by atoms with Gasteiger partial charge in [-0.05, 0) is 51.2 Å². The summed E-state index contributed by atoms with van der Waals surface area (Å²) in [5.74, 6) is 1.34. The SMILES string of the molecule is CCN1CCC(C(=O)N2CCC(COC)CC2)CC1. The Bertz CT molecular complexity index is 280. The molecule has 110 valence electrons. The molecule has 4 nitrogen and oxygen atoms in total. The van der Waals surface area contributed by atoms with E-state index in [1.54, 1.807) is 7.11 Å². The van der Waals surface area contributed by atoms with E-state index in [0.717, 1.165) is 65.0 Å². The average Bonchev–Trinajstić information content (AvgIpc) is 2.48. The van der Waals surface area contributed by atoms with E-state index in [-0.39, 0.29) is 5.92 Å². The predicted molar refractivity (Wildman–Crippen MR) is 76.0 cm³/mol. The molecule has 0 unspecified atom stereocenters. The monoisotopic (exact) mass is 268 g/mol. The molecule has 2 aliphatic heterocycles. The maximum Gasteiger partial charge on any atom is 0.225 e. The molecule has 0 aliphatic carbocycles. The summed E-state index contributed by atoms with van der Waals surface area (Å²) in [6.07, 6.45) is 4.30. The Hall–Kier alpha value is -0.610. The van der Waals surface area contributed by atoms with Gasteiger partial charge in [0.1, 0.15) is 0 Å². The molecule has 2 saturated heterocycles. The van der Waals surface area contributed by atoms with Gasteiger partial charge >= 0.3 is 0 Å². The fraction of sp³-hybridized carbons (Fsp3) is 0.933. The number of nitrogens with zero attached hydrogens (tertiary/aromatic N) is 2. The lowest BCUT2D eigenvalue weighted by atomic mass is 9.92. The van der Waals surface area contributed by atoms with Crippen molar-refractivity contribution in [3.8, 4) is 0 Å². The van der Waals surface area contributed by atoms with E-state index in [1.807, 2.05) is 0 Å². The van der Waals surface area contributed by atoms with Gasteiger partial charge in [-0.2, -0.15) is 0 Å². The first-order chi connectivity index (χ1) is 9.24. The maximum atomic E-state index is 12.5. The second kappa shape index (κ2) is 7.25. The first kappa shape index (κ1) is 14.8. The van der Waals surface area contributed by atoms with Crippen molar-refractivity contribution in [2.45, 2.75) is 32.6 Å². The molecular formula is C15H28N2O2. The Morgan fingerprint density at radius 1 is 1.11 bits per heavy atom. The van der Waals surface area contributed by atoms with Crippen molar-refractivity contribution in [2.24, 2.45) is 11.8 Å². The van der Waals surface area contributed by atoms with Gasteiger partial charge in [-0.1, -0.05) is 6.92 Å². The minimum Gasteiger partial charge on any atom is -0.384 e. The molecular weight excluding hydrogens is 240 g/mol. The van der Waals surface area contributed by atoms with Gasteiger partial charge < -0.3 is 14.5 Å². The number of carbonyl (C=O) groups is 1. The fourth-order valence-corrected chi connectivity index (χ4v) is 3.31. The van der Waals surface area contributed by atoms with Crippen LogP contribution in [-0.4, -0.2) is 62.1 Å². The highest BCUT2D eigenvalue weighted by Crippen LogP contribution is 2.23. The van der Waals surface area contributed by atoms with Crippen molar-refractivity contribution in [3.05, 3.63) is 0 Å². The third kappa shape index (κ3) is 3.93. The molecule has 2 aliphatic rings. The van der Waals surface area contributed by atoms with E-state index >= 15 is 0 Å². The molecule has 0 aromatic heterocycles. The molecule has 0 N–H and O–H groups in total. The molecule has 0 bridgehead atoms.